The first-order valence-electron chi connectivity index (χ1n) is 7.21. The lowest BCUT2D eigenvalue weighted by Crippen LogP contribution is -2.29. The van der Waals surface area contributed by atoms with Crippen molar-refractivity contribution in [1.82, 2.24) is 9.88 Å². The van der Waals surface area contributed by atoms with Crippen LogP contribution < -0.4 is 5.32 Å². The van der Waals surface area contributed by atoms with Gasteiger partial charge in [-0.05, 0) is 38.7 Å². The molecule has 0 saturated heterocycles. The number of hydrogen-bond donors (Lipinski definition) is 1. The molecule has 0 spiro atoms. The fraction of sp³-hybridized carbons (Fsp3) is 0.643. The van der Waals surface area contributed by atoms with Crippen LogP contribution in [0.5, 0.6) is 0 Å². The highest BCUT2D eigenvalue weighted by atomic mass is 35.7. The molecule has 2 atom stereocenters. The van der Waals surface area contributed by atoms with E-state index in [4.69, 9.17) is 10.7 Å². The largest absolute Gasteiger partial charge is 0.348 e. The van der Waals surface area contributed by atoms with Gasteiger partial charge in [-0.2, -0.15) is 0 Å². The predicted molar refractivity (Wildman–Crippen MR) is 82.1 cm³/mol. The molecule has 0 radical (unpaired) electrons. The zero-order valence-corrected chi connectivity index (χ0v) is 14.0. The zero-order valence-electron chi connectivity index (χ0n) is 12.5. The molecular weight excluding hydrogens is 312 g/mol. The van der Waals surface area contributed by atoms with Crippen molar-refractivity contribution in [2.75, 3.05) is 0 Å². The number of aromatic nitrogens is 1. The van der Waals surface area contributed by atoms with E-state index in [1.165, 1.54) is 12.3 Å². The summed E-state index contributed by atoms with van der Waals surface area (Å²) < 4.78 is 24.5. The van der Waals surface area contributed by atoms with Gasteiger partial charge in [-0.15, -0.1) is 0 Å². The first kappa shape index (κ1) is 16.4. The van der Waals surface area contributed by atoms with Crippen LogP contribution in [0.3, 0.4) is 0 Å². The number of nitrogens with zero attached hydrogens (tertiary/aromatic N) is 1. The Morgan fingerprint density at radius 2 is 2.19 bits per heavy atom. The highest BCUT2D eigenvalue weighted by molar-refractivity contribution is 8.13. The maximum atomic E-state index is 12.3. The maximum absolute atomic E-state index is 12.3. The number of nitrogens with one attached hydrogen (secondary N) is 1. The van der Waals surface area contributed by atoms with Gasteiger partial charge >= 0.3 is 0 Å². The van der Waals surface area contributed by atoms with Crippen LogP contribution in [-0.4, -0.2) is 24.9 Å². The van der Waals surface area contributed by atoms with Crippen molar-refractivity contribution in [3.8, 4) is 0 Å². The van der Waals surface area contributed by atoms with Crippen LogP contribution in [-0.2, 0) is 9.05 Å². The number of rotatable bonds is 6. The lowest BCUT2D eigenvalue weighted by Gasteiger charge is -2.12. The smallest absolute Gasteiger partial charge is 0.268 e. The molecule has 1 fully saturated rings. The number of carbonyl (C=O) groups excluding carboxylic acids is 1. The molecule has 1 N–H and O–H groups in total. The summed E-state index contributed by atoms with van der Waals surface area (Å²) in [5, 5.41) is 2.97. The minimum Gasteiger partial charge on any atom is -0.348 e. The van der Waals surface area contributed by atoms with E-state index in [9.17, 15) is 13.2 Å². The van der Waals surface area contributed by atoms with E-state index in [-0.39, 0.29) is 22.9 Å². The monoisotopic (exact) mass is 332 g/mol. The van der Waals surface area contributed by atoms with E-state index < -0.39 is 9.05 Å². The van der Waals surface area contributed by atoms with Gasteiger partial charge in [0, 0.05) is 29.0 Å². The molecule has 1 aromatic rings. The Morgan fingerprint density at radius 1 is 1.52 bits per heavy atom. The molecule has 0 aromatic carbocycles. The standard InChI is InChI=1S/C14H21ClN2O3S/c1-4-5-10-6-12(10)16-14(18)13-7-11(21(15,19)20)8-17(13)9(2)3/h7-10,12H,4-6H2,1-3H3,(H,16,18). The minimum absolute atomic E-state index is 0.0245. The summed E-state index contributed by atoms with van der Waals surface area (Å²) in [6, 6.07) is 1.53. The van der Waals surface area contributed by atoms with Gasteiger partial charge in [0.15, 0.2) is 0 Å². The quantitative estimate of drug-likeness (QED) is 0.814. The molecule has 2 unspecified atom stereocenters. The maximum Gasteiger partial charge on any atom is 0.268 e. The molecule has 7 heteroatoms. The molecule has 5 nitrogen and oxygen atoms in total. The third-order valence-corrected chi connectivity index (χ3v) is 5.11. The Labute approximate surface area is 130 Å². The van der Waals surface area contributed by atoms with Crippen molar-refractivity contribution in [3.05, 3.63) is 18.0 Å². The van der Waals surface area contributed by atoms with Crippen LogP contribution in [0.15, 0.2) is 17.2 Å². The normalized spacial score (nSPS) is 21.6. The zero-order chi connectivity index (χ0) is 15.8. The van der Waals surface area contributed by atoms with Crippen molar-refractivity contribution in [3.63, 3.8) is 0 Å². The molecule has 1 aromatic heterocycles. The molecular formula is C14H21ClN2O3S. The minimum atomic E-state index is -3.83. The van der Waals surface area contributed by atoms with Crippen LogP contribution in [0.1, 0.15) is 56.6 Å². The predicted octanol–water partition coefficient (Wildman–Crippen LogP) is 2.91. The van der Waals surface area contributed by atoms with Crippen molar-refractivity contribution in [1.29, 1.82) is 0 Å². The van der Waals surface area contributed by atoms with Crippen LogP contribution in [0.25, 0.3) is 0 Å². The van der Waals surface area contributed by atoms with Gasteiger partial charge in [-0.25, -0.2) is 8.42 Å². The summed E-state index contributed by atoms with van der Waals surface area (Å²) in [6.45, 7) is 5.90. The van der Waals surface area contributed by atoms with Crippen LogP contribution in [0.2, 0.25) is 0 Å². The number of carbonyl (C=O) groups is 1. The van der Waals surface area contributed by atoms with Gasteiger partial charge in [-0.3, -0.25) is 4.79 Å². The van der Waals surface area contributed by atoms with E-state index in [0.717, 1.165) is 19.3 Å². The molecule has 0 bridgehead atoms. The highest BCUT2D eigenvalue weighted by Gasteiger charge is 2.37. The van der Waals surface area contributed by atoms with Crippen molar-refractivity contribution < 1.29 is 13.2 Å². The second kappa shape index (κ2) is 6.01. The topological polar surface area (TPSA) is 68.2 Å². The van der Waals surface area contributed by atoms with Crippen LogP contribution >= 0.6 is 10.7 Å². The van der Waals surface area contributed by atoms with Gasteiger partial charge in [-0.1, -0.05) is 13.3 Å². The Kier molecular flexibility index (Phi) is 4.68. The summed E-state index contributed by atoms with van der Waals surface area (Å²) in [5.41, 5.74) is 0.339. The summed E-state index contributed by atoms with van der Waals surface area (Å²) in [5.74, 6) is 0.316. The Hall–Kier alpha value is -1.01. The van der Waals surface area contributed by atoms with Gasteiger partial charge in [0.1, 0.15) is 10.6 Å². The molecule has 2 rings (SSSR count). The van der Waals surface area contributed by atoms with Crippen molar-refractivity contribution >= 4 is 25.6 Å². The van der Waals surface area contributed by atoms with E-state index in [0.29, 0.717) is 11.6 Å². The lowest BCUT2D eigenvalue weighted by molar-refractivity contribution is 0.0938. The van der Waals surface area contributed by atoms with Crippen molar-refractivity contribution in [2.45, 2.75) is 57.0 Å². The fourth-order valence-electron chi connectivity index (χ4n) is 2.55. The Bertz CT molecular complexity index is 637. The van der Waals surface area contributed by atoms with Crippen LogP contribution in [0, 0.1) is 5.92 Å². The molecule has 1 amide bonds. The first-order chi connectivity index (χ1) is 9.74. The average Bonchev–Trinajstić information content (AvgIpc) is 2.92. The third-order valence-electron chi connectivity index (χ3n) is 3.79. The van der Waals surface area contributed by atoms with E-state index >= 15 is 0 Å². The second-order valence-corrected chi connectivity index (χ2v) is 8.43. The molecule has 1 saturated carbocycles. The summed E-state index contributed by atoms with van der Waals surface area (Å²) in [7, 11) is 1.53. The van der Waals surface area contributed by atoms with Gasteiger partial charge in [0.25, 0.3) is 15.0 Å². The summed E-state index contributed by atoms with van der Waals surface area (Å²) in [4.78, 5) is 12.3. The molecule has 118 valence electrons. The van der Waals surface area contributed by atoms with E-state index in [1.54, 1.807) is 4.57 Å². The number of amides is 1. The molecule has 1 aliphatic carbocycles. The van der Waals surface area contributed by atoms with Gasteiger partial charge in [0.05, 0.1) is 0 Å². The Morgan fingerprint density at radius 3 is 2.71 bits per heavy atom. The third kappa shape index (κ3) is 3.80. The SMILES string of the molecule is CCCC1CC1NC(=O)c1cc(S(=O)(=O)Cl)cn1C(C)C. The highest BCUT2D eigenvalue weighted by Crippen LogP contribution is 2.35. The molecule has 21 heavy (non-hydrogen) atoms. The Balaban J connectivity index is 2.18. The van der Waals surface area contributed by atoms with Crippen molar-refractivity contribution in [2.24, 2.45) is 5.92 Å². The summed E-state index contributed by atoms with van der Waals surface area (Å²) >= 11 is 0. The second-order valence-electron chi connectivity index (χ2n) is 5.86. The number of halogens is 1. The fourth-order valence-corrected chi connectivity index (χ4v) is 3.30. The molecule has 1 aliphatic rings. The number of hydrogen-bond acceptors (Lipinski definition) is 3. The van der Waals surface area contributed by atoms with E-state index in [1.807, 2.05) is 13.8 Å². The van der Waals surface area contributed by atoms with Gasteiger partial charge < -0.3 is 9.88 Å². The van der Waals surface area contributed by atoms with Gasteiger partial charge in [0.2, 0.25) is 0 Å². The average molecular weight is 333 g/mol. The molecule has 1 heterocycles. The van der Waals surface area contributed by atoms with E-state index in [2.05, 4.69) is 12.2 Å². The lowest BCUT2D eigenvalue weighted by atomic mass is 10.2. The molecule has 0 aliphatic heterocycles. The van der Waals surface area contributed by atoms with Crippen LogP contribution in [0.4, 0.5) is 0 Å². The first-order valence-corrected chi connectivity index (χ1v) is 9.52. The summed E-state index contributed by atoms with van der Waals surface area (Å²) in [6.07, 6.45) is 4.63.